The quantitative estimate of drug-likeness (QED) is 0.707. The molecule has 0 radical (unpaired) electrons. The Bertz CT molecular complexity index is 211. The van der Waals surface area contributed by atoms with Crippen LogP contribution in [0, 0.1) is 0 Å². The molecule has 4 nitrogen and oxygen atoms in total. The lowest BCUT2D eigenvalue weighted by Gasteiger charge is -2.24. The zero-order valence-corrected chi connectivity index (χ0v) is 9.93. The Balaban J connectivity index is 2.18. The van der Waals surface area contributed by atoms with Crippen molar-refractivity contribution in [2.24, 2.45) is 0 Å². The van der Waals surface area contributed by atoms with Gasteiger partial charge in [-0.25, -0.2) is 0 Å². The Morgan fingerprint density at radius 2 is 2.33 bits per heavy atom. The van der Waals surface area contributed by atoms with Gasteiger partial charge in [-0.2, -0.15) is 0 Å². The molecule has 1 atom stereocenters. The lowest BCUT2D eigenvalue weighted by molar-refractivity contribution is -0.129. The minimum atomic E-state index is -0.131. The molecule has 0 aromatic heterocycles. The average molecular weight is 214 g/mol. The van der Waals surface area contributed by atoms with Crippen LogP contribution >= 0.6 is 0 Å². The molecule has 1 fully saturated rings. The molecular formula is C11H22N2O2. The van der Waals surface area contributed by atoms with Crippen molar-refractivity contribution in [1.29, 1.82) is 0 Å². The molecule has 0 aliphatic carbocycles. The van der Waals surface area contributed by atoms with Gasteiger partial charge in [0, 0.05) is 12.1 Å². The first-order chi connectivity index (χ1) is 7.03. The van der Waals surface area contributed by atoms with E-state index in [-0.39, 0.29) is 24.2 Å². The number of carbonyl (C=O) groups excluding carboxylic acids is 1. The first-order valence-corrected chi connectivity index (χ1v) is 5.67. The van der Waals surface area contributed by atoms with Crippen LogP contribution in [0.3, 0.4) is 0 Å². The van der Waals surface area contributed by atoms with Crippen molar-refractivity contribution >= 4 is 5.91 Å². The molecule has 0 saturated carbocycles. The molecule has 1 rings (SSSR count). The molecule has 2 N–H and O–H groups in total. The van der Waals surface area contributed by atoms with Crippen molar-refractivity contribution in [3.05, 3.63) is 0 Å². The lowest BCUT2D eigenvalue weighted by atomic mass is 10.0. The maximum atomic E-state index is 11.5. The summed E-state index contributed by atoms with van der Waals surface area (Å²) in [4.78, 5) is 11.5. The van der Waals surface area contributed by atoms with E-state index in [1.165, 1.54) is 0 Å². The van der Waals surface area contributed by atoms with E-state index in [0.717, 1.165) is 25.9 Å². The van der Waals surface area contributed by atoms with Crippen molar-refractivity contribution < 1.29 is 9.53 Å². The van der Waals surface area contributed by atoms with Gasteiger partial charge in [-0.05, 0) is 33.2 Å². The van der Waals surface area contributed by atoms with E-state index in [2.05, 4.69) is 17.6 Å². The molecule has 4 heteroatoms. The van der Waals surface area contributed by atoms with Crippen LogP contribution in [0.1, 0.15) is 33.6 Å². The monoisotopic (exact) mass is 214 g/mol. The summed E-state index contributed by atoms with van der Waals surface area (Å²) in [5, 5.41) is 6.14. The van der Waals surface area contributed by atoms with Crippen LogP contribution in [-0.4, -0.2) is 37.2 Å². The van der Waals surface area contributed by atoms with Crippen molar-refractivity contribution in [3.8, 4) is 0 Å². The number of rotatable bonds is 5. The number of ether oxygens (including phenoxy) is 1. The van der Waals surface area contributed by atoms with E-state index in [0.29, 0.717) is 0 Å². The maximum absolute atomic E-state index is 11.5. The molecule has 0 bridgehead atoms. The second-order valence-corrected chi connectivity index (χ2v) is 4.71. The first-order valence-electron chi connectivity index (χ1n) is 5.67. The third-order valence-electron chi connectivity index (χ3n) is 2.83. The van der Waals surface area contributed by atoms with Gasteiger partial charge < -0.3 is 15.4 Å². The molecule has 1 aliphatic rings. The highest BCUT2D eigenvalue weighted by atomic mass is 16.5. The van der Waals surface area contributed by atoms with E-state index in [9.17, 15) is 4.79 Å². The van der Waals surface area contributed by atoms with Crippen LogP contribution < -0.4 is 10.6 Å². The van der Waals surface area contributed by atoms with E-state index in [4.69, 9.17) is 4.74 Å². The normalized spacial score (nSPS) is 21.7. The van der Waals surface area contributed by atoms with Crippen molar-refractivity contribution in [1.82, 2.24) is 10.6 Å². The maximum Gasteiger partial charge on any atom is 0.246 e. The molecule has 0 aromatic carbocycles. The topological polar surface area (TPSA) is 50.4 Å². The minimum absolute atomic E-state index is 0.0197. The highest BCUT2D eigenvalue weighted by molar-refractivity contribution is 5.77. The number of hydrogen-bond acceptors (Lipinski definition) is 3. The van der Waals surface area contributed by atoms with Crippen molar-refractivity contribution in [3.63, 3.8) is 0 Å². The summed E-state index contributed by atoms with van der Waals surface area (Å²) in [6.07, 6.45) is 2.13. The van der Waals surface area contributed by atoms with Crippen molar-refractivity contribution in [2.75, 3.05) is 19.7 Å². The molecule has 15 heavy (non-hydrogen) atoms. The fraction of sp³-hybridized carbons (Fsp3) is 0.909. The summed E-state index contributed by atoms with van der Waals surface area (Å²) in [5.74, 6) is -0.0197. The van der Waals surface area contributed by atoms with Crippen LogP contribution in [0.4, 0.5) is 0 Å². The van der Waals surface area contributed by atoms with Gasteiger partial charge in [-0.3, -0.25) is 4.79 Å². The van der Waals surface area contributed by atoms with Gasteiger partial charge in [-0.1, -0.05) is 6.92 Å². The fourth-order valence-electron chi connectivity index (χ4n) is 1.47. The third-order valence-corrected chi connectivity index (χ3v) is 2.83. The summed E-state index contributed by atoms with van der Waals surface area (Å²) < 4.78 is 5.48. The van der Waals surface area contributed by atoms with Gasteiger partial charge in [0.15, 0.2) is 0 Å². The smallest absolute Gasteiger partial charge is 0.246 e. The summed E-state index contributed by atoms with van der Waals surface area (Å²) in [7, 11) is 0. The second-order valence-electron chi connectivity index (χ2n) is 4.71. The fourth-order valence-corrected chi connectivity index (χ4v) is 1.47. The van der Waals surface area contributed by atoms with Crippen LogP contribution in [0.5, 0.6) is 0 Å². The molecule has 88 valence electrons. The van der Waals surface area contributed by atoms with Gasteiger partial charge >= 0.3 is 0 Å². The zero-order valence-electron chi connectivity index (χ0n) is 9.93. The highest BCUT2D eigenvalue weighted by Crippen LogP contribution is 2.07. The molecule has 1 unspecified atom stereocenters. The van der Waals surface area contributed by atoms with Crippen LogP contribution in [0.25, 0.3) is 0 Å². The Morgan fingerprint density at radius 3 is 2.87 bits per heavy atom. The number of nitrogens with one attached hydrogen (secondary N) is 2. The van der Waals surface area contributed by atoms with Crippen LogP contribution in [0.15, 0.2) is 0 Å². The van der Waals surface area contributed by atoms with E-state index >= 15 is 0 Å². The molecule has 1 saturated heterocycles. The lowest BCUT2D eigenvalue weighted by Crippen LogP contribution is -2.45. The van der Waals surface area contributed by atoms with Gasteiger partial charge in [0.1, 0.15) is 6.61 Å². The molecule has 0 spiro atoms. The predicted octanol–water partition coefficient (Wildman–Crippen LogP) is 0.670. The minimum Gasteiger partial charge on any atom is -0.367 e. The number of amides is 1. The van der Waals surface area contributed by atoms with Crippen molar-refractivity contribution in [2.45, 2.75) is 45.3 Å². The number of hydrogen-bond donors (Lipinski definition) is 2. The SMILES string of the molecule is CCC(C)(C)NC(=O)COC1CCNC1. The van der Waals surface area contributed by atoms with Gasteiger partial charge in [0.05, 0.1) is 6.10 Å². The highest BCUT2D eigenvalue weighted by Gasteiger charge is 2.20. The van der Waals surface area contributed by atoms with Gasteiger partial charge in [0.2, 0.25) is 5.91 Å². The molecule has 0 aromatic rings. The van der Waals surface area contributed by atoms with E-state index in [1.54, 1.807) is 0 Å². The number of carbonyl (C=O) groups is 1. The summed E-state index contributed by atoms with van der Waals surface area (Å²) >= 11 is 0. The van der Waals surface area contributed by atoms with E-state index in [1.807, 2.05) is 13.8 Å². The first kappa shape index (κ1) is 12.5. The average Bonchev–Trinajstić information content (AvgIpc) is 2.66. The molecule has 1 aliphatic heterocycles. The Morgan fingerprint density at radius 1 is 1.60 bits per heavy atom. The standard InChI is InChI=1S/C11H22N2O2/c1-4-11(2,3)13-10(14)8-15-9-5-6-12-7-9/h9,12H,4-8H2,1-3H3,(H,13,14). The predicted molar refractivity (Wildman–Crippen MR) is 59.7 cm³/mol. The second kappa shape index (κ2) is 5.47. The molecular weight excluding hydrogens is 192 g/mol. The van der Waals surface area contributed by atoms with E-state index < -0.39 is 0 Å². The van der Waals surface area contributed by atoms with Gasteiger partial charge in [0.25, 0.3) is 0 Å². The molecule has 1 heterocycles. The van der Waals surface area contributed by atoms with Crippen LogP contribution in [-0.2, 0) is 9.53 Å². The summed E-state index contributed by atoms with van der Waals surface area (Å²) in [6.45, 7) is 8.12. The van der Waals surface area contributed by atoms with Gasteiger partial charge in [-0.15, -0.1) is 0 Å². The summed E-state index contributed by atoms with van der Waals surface area (Å²) in [6, 6.07) is 0. The van der Waals surface area contributed by atoms with Crippen LogP contribution in [0.2, 0.25) is 0 Å². The Labute approximate surface area is 91.8 Å². The zero-order chi connectivity index (χ0) is 11.3. The Kier molecular flexibility index (Phi) is 4.54. The largest absolute Gasteiger partial charge is 0.367 e. The molecule has 1 amide bonds. The Hall–Kier alpha value is -0.610. The summed E-state index contributed by atoms with van der Waals surface area (Å²) in [5.41, 5.74) is -0.131. The third kappa shape index (κ3) is 4.62.